The first-order chi connectivity index (χ1) is 42.5. The van der Waals surface area contributed by atoms with Gasteiger partial charge >= 0.3 is 24.0 Å². The number of pyridine rings is 1. The van der Waals surface area contributed by atoms with E-state index in [4.69, 9.17) is 44.2 Å². The van der Waals surface area contributed by atoms with Crippen LogP contribution in [0.25, 0.3) is 21.3 Å². The number of thiazole rings is 1. The maximum atomic E-state index is 14.0. The van der Waals surface area contributed by atoms with Crippen molar-refractivity contribution in [2.24, 2.45) is 22.0 Å². The number of hydrogen-bond donors (Lipinski definition) is 8. The van der Waals surface area contributed by atoms with Crippen LogP contribution in [0.1, 0.15) is 102 Å². The lowest BCUT2D eigenvalue weighted by molar-refractivity contribution is -0.271. The van der Waals surface area contributed by atoms with E-state index in [2.05, 4.69) is 24.1 Å². The molecule has 12 rings (SSSR count). The number of carbonyl (C=O) groups excluding carboxylic acids is 2. The number of para-hydroxylation sites is 1. The Morgan fingerprint density at radius 1 is 0.843 bits per heavy atom. The van der Waals surface area contributed by atoms with E-state index in [0.717, 1.165) is 59.1 Å². The molecule has 2 amide bonds. The van der Waals surface area contributed by atoms with Crippen molar-refractivity contribution < 1.29 is 83.0 Å². The molecule has 7 atom stereocenters. The van der Waals surface area contributed by atoms with Gasteiger partial charge in [-0.15, -0.1) is 0 Å². The minimum Gasteiger partial charge on any atom is -0.491 e. The third-order valence-corrected chi connectivity index (χ3v) is 18.7. The molecule has 4 aliphatic carbocycles. The van der Waals surface area contributed by atoms with Crippen LogP contribution in [0.15, 0.2) is 79.0 Å². The van der Waals surface area contributed by atoms with Crippen LogP contribution < -0.4 is 25.4 Å². The lowest BCUT2D eigenvalue weighted by Gasteiger charge is -2.69. The topological polar surface area (TPSA) is 350 Å². The van der Waals surface area contributed by atoms with Gasteiger partial charge in [0.1, 0.15) is 48.8 Å². The average molecular weight is 1250 g/mol. The van der Waals surface area contributed by atoms with Crippen molar-refractivity contribution >= 4 is 62.4 Å². The van der Waals surface area contributed by atoms with E-state index < -0.39 is 73.3 Å². The molecule has 3 aromatic heterocycles. The van der Waals surface area contributed by atoms with E-state index in [1.165, 1.54) is 28.4 Å². The van der Waals surface area contributed by atoms with Crippen LogP contribution in [0.5, 0.6) is 11.5 Å². The molecule has 474 valence electrons. The number of ether oxygens (including phenoxy) is 6. The summed E-state index contributed by atoms with van der Waals surface area (Å²) in [6, 6.07) is 21.4. The van der Waals surface area contributed by atoms with Crippen molar-refractivity contribution in [3.8, 4) is 22.6 Å². The number of nitrogens with one attached hydrogen (secondary N) is 1. The second-order valence-corrected chi connectivity index (χ2v) is 26.0. The molecule has 0 radical (unpaired) electrons. The number of carboxylic acid groups (broad SMARTS) is 3. The molecule has 6 aromatic rings. The largest absolute Gasteiger partial charge is 0.491 e. The van der Waals surface area contributed by atoms with Crippen LogP contribution in [0.2, 0.25) is 0 Å². The molecule has 5 fully saturated rings. The quantitative estimate of drug-likeness (QED) is 0.0294. The first-order valence-corrected chi connectivity index (χ1v) is 30.6. The first-order valence-electron chi connectivity index (χ1n) is 29.7. The van der Waals surface area contributed by atoms with Gasteiger partial charge in [-0.05, 0) is 122 Å². The van der Waals surface area contributed by atoms with Gasteiger partial charge in [-0.25, -0.2) is 24.4 Å². The van der Waals surface area contributed by atoms with Gasteiger partial charge in [0.25, 0.3) is 5.91 Å². The minimum atomic E-state index is -1.97. The Hall–Kier alpha value is -7.82. The molecule has 6 aliphatic rings. The van der Waals surface area contributed by atoms with Crippen LogP contribution >= 0.6 is 11.3 Å². The fourth-order valence-corrected chi connectivity index (χ4v) is 15.9. The number of rotatable bonds is 25. The van der Waals surface area contributed by atoms with Crippen molar-refractivity contribution in [3.63, 3.8) is 0 Å². The van der Waals surface area contributed by atoms with E-state index in [0.29, 0.717) is 73.3 Å². The molecule has 4 bridgehead atoms. The number of aromatic carboxylic acids is 1. The summed E-state index contributed by atoms with van der Waals surface area (Å²) in [6.07, 6.45) is -3.50. The van der Waals surface area contributed by atoms with Crippen LogP contribution in [-0.2, 0) is 54.7 Å². The Bertz CT molecular complexity index is 3600. The Morgan fingerprint density at radius 2 is 1.63 bits per heavy atom. The van der Waals surface area contributed by atoms with Crippen molar-refractivity contribution in [1.82, 2.24) is 24.6 Å². The lowest BCUT2D eigenvalue weighted by atomic mass is 9.39. The van der Waals surface area contributed by atoms with E-state index in [9.17, 15) is 54.6 Å². The van der Waals surface area contributed by atoms with Crippen LogP contribution in [0, 0.1) is 23.2 Å². The predicted molar refractivity (Wildman–Crippen MR) is 322 cm³/mol. The summed E-state index contributed by atoms with van der Waals surface area (Å²) in [5.41, 5.74) is 9.53. The van der Waals surface area contributed by atoms with Crippen LogP contribution in [0.4, 0.5) is 15.7 Å². The third-order valence-electron chi connectivity index (χ3n) is 17.8. The van der Waals surface area contributed by atoms with Gasteiger partial charge in [0.05, 0.1) is 48.3 Å². The zero-order chi connectivity index (χ0) is 63.0. The molecular weight excluding hydrogens is 1170 g/mol. The predicted octanol–water partition coefficient (Wildman–Crippen LogP) is 6.25. The van der Waals surface area contributed by atoms with Gasteiger partial charge in [0, 0.05) is 73.3 Å². The Balaban J connectivity index is 0.765. The molecule has 89 heavy (non-hydrogen) atoms. The third kappa shape index (κ3) is 13.5. The second-order valence-electron chi connectivity index (χ2n) is 25.0. The van der Waals surface area contributed by atoms with Crippen LogP contribution in [0.3, 0.4) is 0 Å². The van der Waals surface area contributed by atoms with Crippen molar-refractivity contribution in [3.05, 3.63) is 113 Å². The number of aliphatic hydroxyl groups excluding tert-OH is 3. The number of amides is 2. The SMILES string of the molecule is Cc1c(-c2ccc(N3CCc4cccc(C(=O)Nc5nc6ccccc6s5)c4C3)nc2C(=O)O)cnn1CC12CC3(C)CC(C)(C1)CC(OCCN(CCC(=O)O)C(=O)OCc1ccc(OCCOCCN)cc1O[C@@H]1O[C@H](C(=O)O)[C@@H](O)[C@H](O)[C@H]1O)(C3)C2. The maximum Gasteiger partial charge on any atom is 0.410 e. The summed E-state index contributed by atoms with van der Waals surface area (Å²) in [5, 5.41) is 70.1. The smallest absolute Gasteiger partial charge is 0.410 e. The standard InChI is InChI=1S/C63H74N8O17S/c1-36-42(40-13-14-47(67-49(40)55(78)79)70-18-15-37-7-6-8-41(43(37)27-70)54(77)68-58-66-44-9-4-5-10-46(44)89-58)26-65-71(36)35-62-30-60(2)29-61(3,31-62)33-63(32-60,34-62)86-22-20-69(19-16-48(72)73)59(82)85-28-38-11-12-39(84-24-23-83-21-17-64)25-45(38)87-57-52(76)50(74)51(75)53(88-57)56(80)81/h4-14,25-26,50-53,57,74-76H,15-24,27-35,64H2,1-3H3,(H,72,73)(H,78,79)(H,80,81)(H,66,68,77)/t50-,51-,52+,53-,57+,60?,61?,62?,63?/m0/s1. The number of aliphatic carboxylic acids is 2. The van der Waals surface area contributed by atoms with E-state index >= 15 is 0 Å². The molecule has 3 aromatic carbocycles. The number of nitrogens with zero attached hydrogens (tertiary/aromatic N) is 6. The summed E-state index contributed by atoms with van der Waals surface area (Å²) in [4.78, 5) is 77.4. The molecule has 1 saturated heterocycles. The molecule has 2 unspecified atom stereocenters. The summed E-state index contributed by atoms with van der Waals surface area (Å²) in [6.45, 7) is 8.23. The Kier molecular flexibility index (Phi) is 18.0. The number of benzene rings is 3. The molecule has 26 heteroatoms. The first kappa shape index (κ1) is 62.8. The van der Waals surface area contributed by atoms with Crippen molar-refractivity contribution in [2.45, 2.75) is 128 Å². The monoisotopic (exact) mass is 1250 g/mol. The number of aliphatic hydroxyl groups is 3. The average Bonchev–Trinajstić information content (AvgIpc) is 0.949. The molecule has 2 aliphatic heterocycles. The van der Waals surface area contributed by atoms with Gasteiger partial charge in [0.15, 0.2) is 16.9 Å². The number of nitrogens with two attached hydrogens (primary N) is 1. The number of fused-ring (bicyclic) bond motifs is 2. The summed E-state index contributed by atoms with van der Waals surface area (Å²) in [7, 11) is 0. The summed E-state index contributed by atoms with van der Waals surface area (Å²) in [5.74, 6) is -3.60. The molecule has 9 N–H and O–H groups in total. The summed E-state index contributed by atoms with van der Waals surface area (Å²) >= 11 is 1.40. The molecular formula is C63H74N8O17S. The number of hydrogen-bond acceptors (Lipinski definition) is 20. The second kappa shape index (κ2) is 25.6. The normalized spacial score (nSPS) is 26.0. The number of aromatic nitrogens is 4. The Labute approximate surface area is 516 Å². The van der Waals surface area contributed by atoms with Gasteiger partial charge in [-0.3, -0.25) is 19.6 Å². The van der Waals surface area contributed by atoms with Gasteiger partial charge < -0.3 is 74.6 Å². The van der Waals surface area contributed by atoms with Gasteiger partial charge in [-0.1, -0.05) is 49.4 Å². The zero-order valence-corrected chi connectivity index (χ0v) is 50.5. The van der Waals surface area contributed by atoms with E-state index in [-0.39, 0.29) is 77.8 Å². The van der Waals surface area contributed by atoms with Crippen molar-refractivity contribution in [2.75, 3.05) is 62.8 Å². The highest BCUT2D eigenvalue weighted by Gasteiger charge is 2.66. The molecule has 25 nitrogen and oxygen atoms in total. The summed E-state index contributed by atoms with van der Waals surface area (Å²) < 4.78 is 38.2. The van der Waals surface area contributed by atoms with E-state index in [1.807, 2.05) is 59.0 Å². The van der Waals surface area contributed by atoms with Gasteiger partial charge in [0.2, 0.25) is 6.29 Å². The highest BCUT2D eigenvalue weighted by atomic mass is 32.1. The highest BCUT2D eigenvalue weighted by Crippen LogP contribution is 2.72. The number of carboxylic acids is 3. The maximum absolute atomic E-state index is 14.0. The Morgan fingerprint density at radius 3 is 2.37 bits per heavy atom. The van der Waals surface area contributed by atoms with E-state index in [1.54, 1.807) is 24.4 Å². The zero-order valence-electron chi connectivity index (χ0n) is 49.7. The molecule has 5 heterocycles. The number of carbonyl (C=O) groups is 5. The fourth-order valence-electron chi connectivity index (χ4n) is 15.1. The molecule has 4 saturated carbocycles. The fraction of sp³-hybridized carbons (Fsp3) is 0.492. The minimum absolute atomic E-state index is 0.0229. The van der Waals surface area contributed by atoms with Crippen molar-refractivity contribution in [1.29, 1.82) is 0 Å². The molecule has 0 spiro atoms. The highest BCUT2D eigenvalue weighted by molar-refractivity contribution is 7.22. The van der Waals surface area contributed by atoms with Gasteiger partial charge in [-0.2, -0.15) is 5.10 Å². The lowest BCUT2D eigenvalue weighted by Crippen LogP contribution is -2.64. The van der Waals surface area contributed by atoms with Crippen LogP contribution in [-0.4, -0.2) is 174 Å². The number of anilines is 2.